The van der Waals surface area contributed by atoms with Crippen molar-refractivity contribution in [3.05, 3.63) is 0 Å². The summed E-state index contributed by atoms with van der Waals surface area (Å²) in [6.45, 7) is 13.4. The van der Waals surface area contributed by atoms with E-state index in [9.17, 15) is 0 Å². The molecule has 1 aliphatic rings. The van der Waals surface area contributed by atoms with E-state index in [1.807, 2.05) is 0 Å². The number of rotatable bonds is 4. The van der Waals surface area contributed by atoms with Crippen LogP contribution in [0.1, 0.15) is 27.2 Å². The van der Waals surface area contributed by atoms with Crippen LogP contribution >= 0.6 is 12.2 Å². The summed E-state index contributed by atoms with van der Waals surface area (Å²) in [5.41, 5.74) is 5.99. The Morgan fingerprint density at radius 2 is 1.62 bits per heavy atom. The van der Waals surface area contributed by atoms with Crippen molar-refractivity contribution in [3.8, 4) is 0 Å². The van der Waals surface area contributed by atoms with Gasteiger partial charge in [-0.2, -0.15) is 0 Å². The van der Waals surface area contributed by atoms with E-state index in [4.69, 9.17) is 18.0 Å². The molecule has 1 saturated heterocycles. The molecule has 4 heteroatoms. The monoisotopic (exact) mass is 243 g/mol. The standard InChI is InChI=1S/C12H25N3S/c1-12(2,3)4-5-14-6-8-15(9-7-14)10-11(13)16/h4-10H2,1-3H3,(H2,13,16). The highest BCUT2D eigenvalue weighted by atomic mass is 32.1. The molecule has 0 bridgehead atoms. The molecule has 0 unspecified atom stereocenters. The van der Waals surface area contributed by atoms with Crippen LogP contribution < -0.4 is 5.73 Å². The lowest BCUT2D eigenvalue weighted by Crippen LogP contribution is -2.49. The lowest BCUT2D eigenvalue weighted by molar-refractivity contribution is 0.132. The van der Waals surface area contributed by atoms with Gasteiger partial charge in [-0.1, -0.05) is 33.0 Å². The number of thiocarbonyl (C=S) groups is 1. The van der Waals surface area contributed by atoms with Crippen molar-refractivity contribution in [2.75, 3.05) is 39.3 Å². The summed E-state index contributed by atoms with van der Waals surface area (Å²) in [4.78, 5) is 5.50. The first-order chi connectivity index (χ1) is 7.37. The van der Waals surface area contributed by atoms with Gasteiger partial charge in [-0.05, 0) is 18.4 Å². The van der Waals surface area contributed by atoms with E-state index in [-0.39, 0.29) is 0 Å². The van der Waals surface area contributed by atoms with Gasteiger partial charge in [0.15, 0.2) is 0 Å². The van der Waals surface area contributed by atoms with Crippen molar-refractivity contribution in [3.63, 3.8) is 0 Å². The second kappa shape index (κ2) is 5.94. The first-order valence-corrected chi connectivity index (χ1v) is 6.51. The minimum Gasteiger partial charge on any atom is -0.392 e. The molecular formula is C12H25N3S. The molecule has 0 amide bonds. The van der Waals surface area contributed by atoms with Crippen molar-refractivity contribution < 1.29 is 0 Å². The Balaban J connectivity index is 2.19. The van der Waals surface area contributed by atoms with Gasteiger partial charge in [0, 0.05) is 32.7 Å². The lowest BCUT2D eigenvalue weighted by atomic mass is 9.92. The Labute approximate surface area is 105 Å². The maximum Gasteiger partial charge on any atom is 0.0870 e. The summed E-state index contributed by atoms with van der Waals surface area (Å²) in [6.07, 6.45) is 1.27. The lowest BCUT2D eigenvalue weighted by Gasteiger charge is -2.35. The number of nitrogens with zero attached hydrogens (tertiary/aromatic N) is 2. The molecule has 1 aliphatic heterocycles. The number of hydrogen-bond acceptors (Lipinski definition) is 3. The summed E-state index contributed by atoms with van der Waals surface area (Å²) >= 11 is 4.93. The molecule has 0 aromatic rings. The Kier molecular flexibility index (Phi) is 5.15. The smallest absolute Gasteiger partial charge is 0.0870 e. The minimum atomic E-state index is 0.440. The van der Waals surface area contributed by atoms with E-state index in [0.717, 1.165) is 32.7 Å². The highest BCUT2D eigenvalue weighted by molar-refractivity contribution is 7.80. The SMILES string of the molecule is CC(C)(C)CCN1CCN(CC(N)=S)CC1. The molecule has 1 fully saturated rings. The predicted molar refractivity (Wildman–Crippen MR) is 73.7 cm³/mol. The van der Waals surface area contributed by atoms with Crippen molar-refractivity contribution in [1.29, 1.82) is 0 Å². The zero-order valence-corrected chi connectivity index (χ0v) is 11.6. The fraction of sp³-hybridized carbons (Fsp3) is 0.917. The molecule has 0 saturated carbocycles. The average Bonchev–Trinajstić information content (AvgIpc) is 2.14. The fourth-order valence-electron chi connectivity index (χ4n) is 1.88. The minimum absolute atomic E-state index is 0.440. The fourth-order valence-corrected chi connectivity index (χ4v) is 2.07. The quantitative estimate of drug-likeness (QED) is 0.755. The highest BCUT2D eigenvalue weighted by Gasteiger charge is 2.19. The van der Waals surface area contributed by atoms with E-state index in [0.29, 0.717) is 10.4 Å². The maximum atomic E-state index is 5.55. The van der Waals surface area contributed by atoms with Crippen LogP contribution in [0.4, 0.5) is 0 Å². The number of piperazine rings is 1. The molecule has 16 heavy (non-hydrogen) atoms. The Bertz CT molecular complexity index is 227. The van der Waals surface area contributed by atoms with Gasteiger partial charge in [0.25, 0.3) is 0 Å². The third-order valence-electron chi connectivity index (χ3n) is 3.02. The van der Waals surface area contributed by atoms with Gasteiger partial charge in [0.2, 0.25) is 0 Å². The summed E-state index contributed by atoms with van der Waals surface area (Å²) < 4.78 is 0. The van der Waals surface area contributed by atoms with Crippen LogP contribution in [0.2, 0.25) is 0 Å². The summed E-state index contributed by atoms with van der Waals surface area (Å²) in [5.74, 6) is 0. The van der Waals surface area contributed by atoms with Crippen LogP contribution in [0, 0.1) is 5.41 Å². The topological polar surface area (TPSA) is 32.5 Å². The van der Waals surface area contributed by atoms with Crippen LogP contribution in [0.5, 0.6) is 0 Å². The summed E-state index contributed by atoms with van der Waals surface area (Å²) in [5, 5.41) is 0. The van der Waals surface area contributed by atoms with Crippen LogP contribution in [-0.4, -0.2) is 54.1 Å². The van der Waals surface area contributed by atoms with Crippen LogP contribution in [-0.2, 0) is 0 Å². The average molecular weight is 243 g/mol. The van der Waals surface area contributed by atoms with Crippen molar-refractivity contribution in [1.82, 2.24) is 9.80 Å². The van der Waals surface area contributed by atoms with Gasteiger partial charge in [-0.3, -0.25) is 4.90 Å². The molecule has 2 N–H and O–H groups in total. The molecule has 0 atom stereocenters. The zero-order valence-electron chi connectivity index (χ0n) is 10.8. The second-order valence-corrected chi connectivity index (χ2v) is 6.42. The normalized spacial score (nSPS) is 19.9. The Hall–Kier alpha value is -0.190. The van der Waals surface area contributed by atoms with Crippen LogP contribution in [0.3, 0.4) is 0 Å². The van der Waals surface area contributed by atoms with Gasteiger partial charge in [0.1, 0.15) is 0 Å². The molecule has 1 heterocycles. The first kappa shape index (κ1) is 13.9. The van der Waals surface area contributed by atoms with Gasteiger partial charge in [-0.15, -0.1) is 0 Å². The van der Waals surface area contributed by atoms with Crippen molar-refractivity contribution in [2.45, 2.75) is 27.2 Å². The van der Waals surface area contributed by atoms with Crippen LogP contribution in [0.15, 0.2) is 0 Å². The molecule has 0 radical (unpaired) electrons. The van der Waals surface area contributed by atoms with Crippen LogP contribution in [0.25, 0.3) is 0 Å². The van der Waals surface area contributed by atoms with Gasteiger partial charge in [-0.25, -0.2) is 0 Å². The first-order valence-electron chi connectivity index (χ1n) is 6.10. The van der Waals surface area contributed by atoms with E-state index >= 15 is 0 Å². The molecule has 0 aromatic heterocycles. The zero-order chi connectivity index (χ0) is 12.2. The van der Waals surface area contributed by atoms with Crippen molar-refractivity contribution >= 4 is 17.2 Å². The highest BCUT2D eigenvalue weighted by Crippen LogP contribution is 2.19. The molecule has 3 nitrogen and oxygen atoms in total. The van der Waals surface area contributed by atoms with E-state index < -0.39 is 0 Å². The molecule has 94 valence electrons. The van der Waals surface area contributed by atoms with Gasteiger partial charge in [0.05, 0.1) is 4.99 Å². The summed E-state index contributed by atoms with van der Waals surface area (Å²) in [6, 6.07) is 0. The molecule has 0 spiro atoms. The van der Waals surface area contributed by atoms with E-state index in [2.05, 4.69) is 30.6 Å². The van der Waals surface area contributed by atoms with Gasteiger partial charge < -0.3 is 10.6 Å². The van der Waals surface area contributed by atoms with Gasteiger partial charge >= 0.3 is 0 Å². The Morgan fingerprint density at radius 3 is 2.06 bits per heavy atom. The Morgan fingerprint density at radius 1 is 1.12 bits per heavy atom. The number of nitrogens with two attached hydrogens (primary N) is 1. The second-order valence-electron chi connectivity index (χ2n) is 5.89. The van der Waals surface area contributed by atoms with E-state index in [1.165, 1.54) is 13.0 Å². The number of hydrogen-bond donors (Lipinski definition) is 1. The van der Waals surface area contributed by atoms with Crippen molar-refractivity contribution in [2.24, 2.45) is 11.1 Å². The maximum absolute atomic E-state index is 5.55. The third-order valence-corrected chi connectivity index (χ3v) is 3.15. The summed E-state index contributed by atoms with van der Waals surface area (Å²) in [7, 11) is 0. The largest absolute Gasteiger partial charge is 0.392 e. The third kappa shape index (κ3) is 5.77. The van der Waals surface area contributed by atoms with E-state index in [1.54, 1.807) is 0 Å². The molecular weight excluding hydrogens is 218 g/mol. The molecule has 0 aromatic carbocycles. The predicted octanol–water partition coefficient (Wildman–Crippen LogP) is 1.33. The molecule has 0 aliphatic carbocycles. The molecule has 1 rings (SSSR count).